The number of allylic oxidation sites excluding steroid dienone is 1. The molecule has 0 N–H and O–H groups in total. The van der Waals surface area contributed by atoms with Crippen LogP contribution in [0.25, 0.3) is 56.3 Å². The molecule has 0 saturated carbocycles. The fourth-order valence-corrected chi connectivity index (χ4v) is 5.68. The number of imidazole rings is 1. The highest BCUT2D eigenvalue weighted by Gasteiger charge is 2.21. The number of aromatic nitrogens is 2. The lowest BCUT2D eigenvalue weighted by Gasteiger charge is -2.17. The molecule has 37 heavy (non-hydrogen) atoms. The molecule has 0 amide bonds. The van der Waals surface area contributed by atoms with Crippen molar-refractivity contribution in [3.05, 3.63) is 114 Å². The number of para-hydroxylation sites is 4. The van der Waals surface area contributed by atoms with Gasteiger partial charge in [-0.1, -0.05) is 86.7 Å². The zero-order chi connectivity index (χ0) is 24.9. The van der Waals surface area contributed by atoms with Crippen LogP contribution in [0.4, 0.5) is 0 Å². The quantitative estimate of drug-likeness (QED) is 0.252. The summed E-state index contributed by atoms with van der Waals surface area (Å²) >= 11 is 0. The van der Waals surface area contributed by atoms with Gasteiger partial charge in [0.2, 0.25) is 0 Å². The summed E-state index contributed by atoms with van der Waals surface area (Å²) < 4.78 is 8.69. The summed E-state index contributed by atoms with van der Waals surface area (Å²) in [5, 5.41) is 1.23. The summed E-state index contributed by atoms with van der Waals surface area (Å²) in [5.41, 5.74) is 10.3. The summed E-state index contributed by atoms with van der Waals surface area (Å²) in [7, 11) is 0. The lowest BCUT2D eigenvalue weighted by molar-refractivity contribution is 0.596. The van der Waals surface area contributed by atoms with Gasteiger partial charge in [-0.05, 0) is 60.2 Å². The van der Waals surface area contributed by atoms with E-state index in [1.165, 1.54) is 22.1 Å². The van der Waals surface area contributed by atoms with Gasteiger partial charge in [0.25, 0.3) is 0 Å². The Balaban J connectivity index is 1.44. The first-order chi connectivity index (χ1) is 18.2. The number of rotatable bonds is 4. The SMILES string of the molecule is CC(C)c1cc(-c2cccc3c4c(oc23)C=CCC4)ccc1-c1nc2ccccc2n1-c1ccccc1. The summed E-state index contributed by atoms with van der Waals surface area (Å²) in [6, 6.07) is 32.2. The molecule has 180 valence electrons. The Labute approximate surface area is 216 Å². The van der Waals surface area contributed by atoms with Crippen molar-refractivity contribution in [3.63, 3.8) is 0 Å². The van der Waals surface area contributed by atoms with Crippen LogP contribution in [0.2, 0.25) is 0 Å². The average Bonchev–Trinajstić information content (AvgIpc) is 3.52. The summed E-state index contributed by atoms with van der Waals surface area (Å²) in [6.07, 6.45) is 6.43. The van der Waals surface area contributed by atoms with Gasteiger partial charge < -0.3 is 4.42 Å². The number of fused-ring (bicyclic) bond motifs is 4. The third-order valence-corrected chi connectivity index (χ3v) is 7.48. The van der Waals surface area contributed by atoms with Crippen molar-refractivity contribution in [1.29, 1.82) is 0 Å². The monoisotopic (exact) mass is 480 g/mol. The molecule has 1 aliphatic carbocycles. The van der Waals surface area contributed by atoms with Gasteiger partial charge in [0.05, 0.1) is 11.0 Å². The van der Waals surface area contributed by atoms with Crippen LogP contribution >= 0.6 is 0 Å². The van der Waals surface area contributed by atoms with Crippen molar-refractivity contribution >= 4 is 28.1 Å². The molecule has 0 spiro atoms. The van der Waals surface area contributed by atoms with E-state index in [0.29, 0.717) is 5.92 Å². The zero-order valence-corrected chi connectivity index (χ0v) is 21.1. The van der Waals surface area contributed by atoms with E-state index in [1.54, 1.807) is 0 Å². The highest BCUT2D eigenvalue weighted by atomic mass is 16.3. The number of benzene rings is 4. The average molecular weight is 481 g/mol. The molecule has 2 heterocycles. The van der Waals surface area contributed by atoms with Crippen molar-refractivity contribution in [2.75, 3.05) is 0 Å². The molecule has 0 bridgehead atoms. The largest absolute Gasteiger partial charge is 0.456 e. The van der Waals surface area contributed by atoms with Gasteiger partial charge in [-0.25, -0.2) is 4.98 Å². The van der Waals surface area contributed by atoms with Gasteiger partial charge >= 0.3 is 0 Å². The molecule has 0 unspecified atom stereocenters. The van der Waals surface area contributed by atoms with E-state index in [1.807, 2.05) is 0 Å². The van der Waals surface area contributed by atoms with Crippen LogP contribution in [0.5, 0.6) is 0 Å². The highest BCUT2D eigenvalue weighted by Crippen LogP contribution is 2.40. The van der Waals surface area contributed by atoms with E-state index in [2.05, 4.69) is 122 Å². The van der Waals surface area contributed by atoms with Crippen LogP contribution < -0.4 is 0 Å². The number of furan rings is 1. The zero-order valence-electron chi connectivity index (χ0n) is 21.1. The Hall–Kier alpha value is -4.37. The fraction of sp³-hybridized carbons (Fsp3) is 0.147. The summed E-state index contributed by atoms with van der Waals surface area (Å²) in [6.45, 7) is 4.52. The topological polar surface area (TPSA) is 31.0 Å². The minimum Gasteiger partial charge on any atom is -0.456 e. The maximum atomic E-state index is 6.40. The minimum absolute atomic E-state index is 0.325. The molecule has 0 radical (unpaired) electrons. The van der Waals surface area contributed by atoms with E-state index in [0.717, 1.165) is 57.9 Å². The number of aryl methyl sites for hydroxylation is 1. The highest BCUT2D eigenvalue weighted by molar-refractivity contribution is 5.97. The van der Waals surface area contributed by atoms with Gasteiger partial charge in [-0.3, -0.25) is 4.57 Å². The second-order valence-corrected chi connectivity index (χ2v) is 10.1. The van der Waals surface area contributed by atoms with Crippen molar-refractivity contribution in [2.45, 2.75) is 32.6 Å². The normalized spacial score (nSPS) is 13.1. The van der Waals surface area contributed by atoms with Crippen molar-refractivity contribution in [1.82, 2.24) is 9.55 Å². The van der Waals surface area contributed by atoms with Crippen LogP contribution in [0.1, 0.15) is 43.1 Å². The van der Waals surface area contributed by atoms with Crippen molar-refractivity contribution in [2.24, 2.45) is 0 Å². The Bertz CT molecular complexity index is 1800. The molecule has 6 aromatic rings. The molecule has 0 atom stereocenters. The molecule has 1 aliphatic rings. The molecule has 2 aromatic heterocycles. The molecular weight excluding hydrogens is 452 g/mol. The second kappa shape index (κ2) is 8.63. The summed E-state index contributed by atoms with van der Waals surface area (Å²) in [4.78, 5) is 5.14. The molecule has 7 rings (SSSR count). The maximum Gasteiger partial charge on any atom is 0.146 e. The first kappa shape index (κ1) is 21.9. The van der Waals surface area contributed by atoms with Gasteiger partial charge in [0.1, 0.15) is 17.2 Å². The van der Waals surface area contributed by atoms with Crippen molar-refractivity contribution < 1.29 is 4.42 Å². The first-order valence-electron chi connectivity index (χ1n) is 13.1. The van der Waals surface area contributed by atoms with Crippen molar-refractivity contribution in [3.8, 4) is 28.2 Å². The van der Waals surface area contributed by atoms with E-state index in [9.17, 15) is 0 Å². The number of hydrogen-bond donors (Lipinski definition) is 0. The lowest BCUT2D eigenvalue weighted by atomic mass is 9.91. The molecule has 3 heteroatoms. The van der Waals surface area contributed by atoms with Crippen LogP contribution in [-0.4, -0.2) is 9.55 Å². The Morgan fingerprint density at radius 2 is 1.68 bits per heavy atom. The van der Waals surface area contributed by atoms with Crippen LogP contribution in [0, 0.1) is 0 Å². The third-order valence-electron chi connectivity index (χ3n) is 7.48. The first-order valence-corrected chi connectivity index (χ1v) is 13.1. The van der Waals surface area contributed by atoms with Gasteiger partial charge in [-0.15, -0.1) is 0 Å². The summed E-state index contributed by atoms with van der Waals surface area (Å²) in [5.74, 6) is 2.30. The van der Waals surface area contributed by atoms with Gasteiger partial charge in [-0.2, -0.15) is 0 Å². The minimum atomic E-state index is 0.325. The Kier molecular flexibility index (Phi) is 5.10. The van der Waals surface area contributed by atoms with E-state index >= 15 is 0 Å². The number of hydrogen-bond acceptors (Lipinski definition) is 2. The third kappa shape index (κ3) is 3.54. The molecule has 3 nitrogen and oxygen atoms in total. The predicted octanol–water partition coefficient (Wildman–Crippen LogP) is 9.19. The lowest BCUT2D eigenvalue weighted by Crippen LogP contribution is -2.01. The molecule has 0 aliphatic heterocycles. The molecule has 0 fully saturated rings. The van der Waals surface area contributed by atoms with Gasteiger partial charge in [0, 0.05) is 27.8 Å². The Morgan fingerprint density at radius 3 is 2.54 bits per heavy atom. The molecule has 4 aromatic carbocycles. The molecule has 0 saturated heterocycles. The number of nitrogens with zero attached hydrogens (tertiary/aromatic N) is 2. The van der Waals surface area contributed by atoms with Crippen LogP contribution in [-0.2, 0) is 6.42 Å². The van der Waals surface area contributed by atoms with Crippen LogP contribution in [0.15, 0.2) is 101 Å². The van der Waals surface area contributed by atoms with E-state index in [-0.39, 0.29) is 0 Å². The molecular formula is C34H28N2O. The predicted molar refractivity (Wildman–Crippen MR) is 153 cm³/mol. The van der Waals surface area contributed by atoms with Crippen LogP contribution in [0.3, 0.4) is 0 Å². The Morgan fingerprint density at radius 1 is 0.838 bits per heavy atom. The van der Waals surface area contributed by atoms with E-state index in [4.69, 9.17) is 9.40 Å². The standard InChI is InChI=1S/C34H28N2O/c1-22(2)29-21-23(25-14-10-15-27-26-13-6-9-18-32(26)37-33(25)27)19-20-28(29)34-35-30-16-7-8-17-31(30)36(34)24-11-4-3-5-12-24/h3-5,7-12,14-22H,6,13H2,1-2H3. The van der Waals surface area contributed by atoms with Gasteiger partial charge in [0.15, 0.2) is 0 Å². The van der Waals surface area contributed by atoms with E-state index < -0.39 is 0 Å². The second-order valence-electron chi connectivity index (χ2n) is 10.1. The smallest absolute Gasteiger partial charge is 0.146 e. The fourth-order valence-electron chi connectivity index (χ4n) is 5.68. The maximum absolute atomic E-state index is 6.40.